The average Bonchev–Trinajstić information content (AvgIpc) is 2.04. The van der Waals surface area contributed by atoms with Gasteiger partial charge >= 0.3 is 0 Å². The maximum atomic E-state index is 11.0. The molecular formula is C8H10ClN3O. The third-order valence-corrected chi connectivity index (χ3v) is 1.60. The van der Waals surface area contributed by atoms with Gasteiger partial charge in [-0.2, -0.15) is 0 Å². The number of halogens is 1. The molecule has 0 aliphatic heterocycles. The van der Waals surface area contributed by atoms with E-state index >= 15 is 0 Å². The number of anilines is 1. The van der Waals surface area contributed by atoms with Gasteiger partial charge in [-0.3, -0.25) is 4.79 Å². The molecule has 0 unspecified atom stereocenters. The van der Waals surface area contributed by atoms with Crippen LogP contribution in [0.3, 0.4) is 0 Å². The number of pyridine rings is 1. The van der Waals surface area contributed by atoms with Crippen LogP contribution in [0.25, 0.3) is 0 Å². The van der Waals surface area contributed by atoms with E-state index < -0.39 is 0 Å². The van der Waals surface area contributed by atoms with E-state index in [-0.39, 0.29) is 12.3 Å². The molecule has 1 aromatic heterocycles. The molecule has 0 bridgehead atoms. The number of carbonyl (C=O) groups is 1. The van der Waals surface area contributed by atoms with E-state index in [2.05, 4.69) is 10.3 Å². The van der Waals surface area contributed by atoms with Gasteiger partial charge in [0.1, 0.15) is 5.82 Å². The van der Waals surface area contributed by atoms with Crippen molar-refractivity contribution < 1.29 is 4.79 Å². The lowest BCUT2D eigenvalue weighted by Crippen LogP contribution is -2.16. The van der Waals surface area contributed by atoms with Crippen molar-refractivity contribution in [1.29, 1.82) is 0 Å². The molecule has 0 aliphatic rings. The Labute approximate surface area is 81.1 Å². The maximum Gasteiger partial charge on any atom is 0.226 e. The fraction of sp³-hybridized carbons (Fsp3) is 0.250. The van der Waals surface area contributed by atoms with Crippen molar-refractivity contribution in [3.63, 3.8) is 0 Å². The lowest BCUT2D eigenvalue weighted by atomic mass is 10.4. The Morgan fingerprint density at radius 3 is 3.08 bits per heavy atom. The van der Waals surface area contributed by atoms with Gasteiger partial charge in [0.2, 0.25) is 5.91 Å². The summed E-state index contributed by atoms with van der Waals surface area (Å²) in [5.41, 5.74) is 5.21. The van der Waals surface area contributed by atoms with E-state index in [1.54, 1.807) is 12.1 Å². The maximum absolute atomic E-state index is 11.0. The summed E-state index contributed by atoms with van der Waals surface area (Å²) < 4.78 is 0. The second-order valence-corrected chi connectivity index (χ2v) is 2.88. The number of nitrogens with two attached hydrogens (primary N) is 1. The normalized spacial score (nSPS) is 9.69. The Balaban J connectivity index is 2.58. The molecule has 0 saturated heterocycles. The molecule has 0 atom stereocenters. The Morgan fingerprint density at radius 2 is 2.46 bits per heavy atom. The van der Waals surface area contributed by atoms with Gasteiger partial charge in [0.15, 0.2) is 0 Å². The van der Waals surface area contributed by atoms with Crippen molar-refractivity contribution >= 4 is 23.3 Å². The summed E-state index contributed by atoms with van der Waals surface area (Å²) in [6, 6.07) is 3.22. The molecule has 1 rings (SSSR count). The topological polar surface area (TPSA) is 68.0 Å². The van der Waals surface area contributed by atoms with Crippen LogP contribution in [0.1, 0.15) is 6.42 Å². The van der Waals surface area contributed by atoms with Crippen LogP contribution in [0.5, 0.6) is 0 Å². The van der Waals surface area contributed by atoms with Gasteiger partial charge in [0.05, 0.1) is 0 Å². The Morgan fingerprint density at radius 1 is 1.69 bits per heavy atom. The van der Waals surface area contributed by atoms with E-state index in [1.165, 1.54) is 6.20 Å². The van der Waals surface area contributed by atoms with E-state index in [1.807, 2.05) is 0 Å². The third kappa shape index (κ3) is 3.40. The lowest BCUT2D eigenvalue weighted by Gasteiger charge is -2.02. The molecule has 0 spiro atoms. The van der Waals surface area contributed by atoms with Crippen molar-refractivity contribution in [2.75, 3.05) is 11.9 Å². The van der Waals surface area contributed by atoms with Gasteiger partial charge in [-0.05, 0) is 12.1 Å². The number of hydrogen-bond donors (Lipinski definition) is 2. The zero-order valence-electron chi connectivity index (χ0n) is 6.96. The molecule has 70 valence electrons. The quantitative estimate of drug-likeness (QED) is 0.764. The van der Waals surface area contributed by atoms with Crippen molar-refractivity contribution in [2.45, 2.75) is 6.42 Å². The summed E-state index contributed by atoms with van der Waals surface area (Å²) in [6.07, 6.45) is 1.81. The van der Waals surface area contributed by atoms with Crippen molar-refractivity contribution in [1.82, 2.24) is 4.98 Å². The first-order valence-electron chi connectivity index (χ1n) is 3.84. The van der Waals surface area contributed by atoms with Crippen molar-refractivity contribution in [3.05, 3.63) is 23.4 Å². The molecule has 1 amide bonds. The van der Waals surface area contributed by atoms with Gasteiger partial charge < -0.3 is 11.1 Å². The van der Waals surface area contributed by atoms with Gasteiger partial charge in [0.25, 0.3) is 0 Å². The summed E-state index contributed by atoms with van der Waals surface area (Å²) in [5, 5.41) is 3.11. The first kappa shape index (κ1) is 9.95. The van der Waals surface area contributed by atoms with Gasteiger partial charge in [-0.25, -0.2) is 4.98 Å². The minimum Gasteiger partial charge on any atom is -0.330 e. The standard InChI is InChI=1S/C8H10ClN3O/c9-6-2-4-11-7(5-6)12-8(13)1-3-10/h2,4-5H,1,3,10H2,(H,11,12,13). The second-order valence-electron chi connectivity index (χ2n) is 2.45. The molecule has 1 aromatic rings. The highest BCUT2D eigenvalue weighted by molar-refractivity contribution is 6.30. The fourth-order valence-corrected chi connectivity index (χ4v) is 0.969. The summed E-state index contributed by atoms with van der Waals surface area (Å²) in [6.45, 7) is 0.326. The average molecular weight is 200 g/mol. The van der Waals surface area contributed by atoms with Crippen molar-refractivity contribution in [2.24, 2.45) is 5.73 Å². The molecule has 3 N–H and O–H groups in total. The molecule has 4 nitrogen and oxygen atoms in total. The number of nitrogens with zero attached hydrogens (tertiary/aromatic N) is 1. The van der Waals surface area contributed by atoms with Crippen LogP contribution in [0.4, 0.5) is 5.82 Å². The van der Waals surface area contributed by atoms with Crippen LogP contribution in [0, 0.1) is 0 Å². The van der Waals surface area contributed by atoms with Crippen LogP contribution in [0.15, 0.2) is 18.3 Å². The highest BCUT2D eigenvalue weighted by atomic mass is 35.5. The lowest BCUT2D eigenvalue weighted by molar-refractivity contribution is -0.116. The number of aromatic nitrogens is 1. The van der Waals surface area contributed by atoms with Crippen LogP contribution >= 0.6 is 11.6 Å². The second kappa shape index (κ2) is 4.79. The fourth-order valence-electron chi connectivity index (χ4n) is 0.810. The summed E-state index contributed by atoms with van der Waals surface area (Å²) in [4.78, 5) is 15.0. The molecule has 13 heavy (non-hydrogen) atoms. The van der Waals surface area contributed by atoms with Crippen LogP contribution in [0.2, 0.25) is 5.02 Å². The number of carbonyl (C=O) groups excluding carboxylic acids is 1. The zero-order valence-corrected chi connectivity index (χ0v) is 7.71. The summed E-state index contributed by atoms with van der Waals surface area (Å²) in [7, 11) is 0. The number of nitrogens with one attached hydrogen (secondary N) is 1. The predicted molar refractivity (Wildman–Crippen MR) is 51.5 cm³/mol. The first-order chi connectivity index (χ1) is 6.22. The van der Waals surface area contributed by atoms with Gasteiger partial charge in [-0.15, -0.1) is 0 Å². The minimum atomic E-state index is -0.155. The summed E-state index contributed by atoms with van der Waals surface area (Å²) in [5.74, 6) is 0.295. The van der Waals surface area contributed by atoms with Gasteiger partial charge in [0, 0.05) is 24.2 Å². The monoisotopic (exact) mass is 199 g/mol. The first-order valence-corrected chi connectivity index (χ1v) is 4.21. The zero-order chi connectivity index (χ0) is 9.68. The molecule has 0 aliphatic carbocycles. The molecule has 5 heteroatoms. The number of rotatable bonds is 3. The minimum absolute atomic E-state index is 0.155. The van der Waals surface area contributed by atoms with Crippen LogP contribution in [-0.4, -0.2) is 17.4 Å². The molecule has 1 heterocycles. The van der Waals surface area contributed by atoms with Crippen molar-refractivity contribution in [3.8, 4) is 0 Å². The smallest absolute Gasteiger partial charge is 0.226 e. The Hall–Kier alpha value is -1.13. The third-order valence-electron chi connectivity index (χ3n) is 1.36. The molecule has 0 fully saturated rings. The van der Waals surface area contributed by atoms with E-state index in [9.17, 15) is 4.79 Å². The summed E-state index contributed by atoms with van der Waals surface area (Å²) >= 11 is 5.69. The van der Waals surface area contributed by atoms with E-state index in [0.717, 1.165) is 0 Å². The highest BCUT2D eigenvalue weighted by Crippen LogP contribution is 2.11. The molecule has 0 saturated carbocycles. The molecule has 0 radical (unpaired) electrons. The Kier molecular flexibility index (Phi) is 3.67. The van der Waals surface area contributed by atoms with Gasteiger partial charge in [-0.1, -0.05) is 11.6 Å². The van der Waals surface area contributed by atoms with E-state index in [0.29, 0.717) is 17.4 Å². The Bertz CT molecular complexity index is 303. The highest BCUT2D eigenvalue weighted by Gasteiger charge is 2.01. The number of hydrogen-bond acceptors (Lipinski definition) is 3. The predicted octanol–water partition coefficient (Wildman–Crippen LogP) is 1.02. The molecule has 0 aromatic carbocycles. The van der Waals surface area contributed by atoms with Crippen LogP contribution < -0.4 is 11.1 Å². The number of amides is 1. The SMILES string of the molecule is NCCC(=O)Nc1cc(Cl)ccn1. The largest absolute Gasteiger partial charge is 0.330 e. The van der Waals surface area contributed by atoms with E-state index in [4.69, 9.17) is 17.3 Å². The van der Waals surface area contributed by atoms with Crippen LogP contribution in [-0.2, 0) is 4.79 Å². The molecular weight excluding hydrogens is 190 g/mol.